The molecule has 4 heteroatoms. The van der Waals surface area contributed by atoms with Crippen molar-refractivity contribution in [2.24, 2.45) is 0 Å². The number of imidazole rings is 1. The standard InChI is InChI=1S/C13H24N4/c1-4-8-16-11-7-15-12(16)17-9-5-13(2,14-3)6-10-17/h7,11,14H,4-6,8-10H2,1-3H3. The van der Waals surface area contributed by atoms with Gasteiger partial charge >= 0.3 is 0 Å². The van der Waals surface area contributed by atoms with Crippen LogP contribution in [0.15, 0.2) is 12.4 Å². The van der Waals surface area contributed by atoms with Gasteiger partial charge in [0, 0.05) is 37.6 Å². The van der Waals surface area contributed by atoms with E-state index in [0.29, 0.717) is 5.54 Å². The Morgan fingerprint density at radius 1 is 1.41 bits per heavy atom. The molecular formula is C13H24N4. The second-order valence-corrected chi connectivity index (χ2v) is 5.22. The highest BCUT2D eigenvalue weighted by Crippen LogP contribution is 2.24. The van der Waals surface area contributed by atoms with Crippen molar-refractivity contribution < 1.29 is 0 Å². The highest BCUT2D eigenvalue weighted by atomic mass is 15.3. The van der Waals surface area contributed by atoms with E-state index < -0.39 is 0 Å². The highest BCUT2D eigenvalue weighted by molar-refractivity contribution is 5.32. The number of rotatable bonds is 4. The molecule has 1 aliphatic rings. The topological polar surface area (TPSA) is 33.1 Å². The maximum Gasteiger partial charge on any atom is 0.205 e. The number of anilines is 1. The van der Waals surface area contributed by atoms with Crippen molar-refractivity contribution in [3.05, 3.63) is 12.4 Å². The van der Waals surface area contributed by atoms with Crippen LogP contribution in [-0.4, -0.2) is 35.2 Å². The lowest BCUT2D eigenvalue weighted by atomic mass is 9.90. The SMILES string of the molecule is CCCn1ccnc1N1CCC(C)(NC)CC1. The molecule has 0 saturated carbocycles. The average molecular weight is 236 g/mol. The van der Waals surface area contributed by atoms with E-state index in [1.807, 2.05) is 6.20 Å². The Hall–Kier alpha value is -1.03. The summed E-state index contributed by atoms with van der Waals surface area (Å²) in [5.74, 6) is 1.14. The van der Waals surface area contributed by atoms with E-state index in [2.05, 4.69) is 46.9 Å². The monoisotopic (exact) mass is 236 g/mol. The summed E-state index contributed by atoms with van der Waals surface area (Å²) in [7, 11) is 2.06. The fourth-order valence-electron chi connectivity index (χ4n) is 2.45. The molecule has 0 aliphatic carbocycles. The lowest BCUT2D eigenvalue weighted by Gasteiger charge is -2.39. The molecule has 1 saturated heterocycles. The molecule has 17 heavy (non-hydrogen) atoms. The molecule has 0 bridgehead atoms. The number of nitrogens with one attached hydrogen (secondary N) is 1. The average Bonchev–Trinajstić information content (AvgIpc) is 2.79. The minimum atomic E-state index is 0.304. The summed E-state index contributed by atoms with van der Waals surface area (Å²) in [6.07, 6.45) is 7.53. The zero-order valence-electron chi connectivity index (χ0n) is 11.2. The van der Waals surface area contributed by atoms with Gasteiger partial charge in [-0.15, -0.1) is 0 Å². The zero-order valence-corrected chi connectivity index (χ0v) is 11.2. The fraction of sp³-hybridized carbons (Fsp3) is 0.769. The molecule has 1 fully saturated rings. The first-order chi connectivity index (χ1) is 8.18. The quantitative estimate of drug-likeness (QED) is 0.866. The minimum absolute atomic E-state index is 0.304. The molecule has 1 aromatic rings. The molecule has 0 unspecified atom stereocenters. The largest absolute Gasteiger partial charge is 0.342 e. The molecule has 4 nitrogen and oxygen atoms in total. The first kappa shape index (κ1) is 12.4. The van der Waals surface area contributed by atoms with E-state index in [-0.39, 0.29) is 0 Å². The van der Waals surface area contributed by atoms with E-state index in [1.165, 1.54) is 12.8 Å². The first-order valence-corrected chi connectivity index (χ1v) is 6.63. The summed E-state index contributed by atoms with van der Waals surface area (Å²) in [6, 6.07) is 0. The van der Waals surface area contributed by atoms with Crippen LogP contribution in [0.3, 0.4) is 0 Å². The summed E-state index contributed by atoms with van der Waals surface area (Å²) < 4.78 is 2.27. The van der Waals surface area contributed by atoms with Crippen LogP contribution in [0, 0.1) is 0 Å². The van der Waals surface area contributed by atoms with E-state index in [4.69, 9.17) is 0 Å². The van der Waals surface area contributed by atoms with Gasteiger partial charge in [-0.2, -0.15) is 0 Å². The Labute approximate surface area is 104 Å². The van der Waals surface area contributed by atoms with Crippen molar-refractivity contribution in [2.45, 2.75) is 45.2 Å². The van der Waals surface area contributed by atoms with E-state index in [9.17, 15) is 0 Å². The highest BCUT2D eigenvalue weighted by Gasteiger charge is 2.29. The van der Waals surface area contributed by atoms with E-state index in [0.717, 1.165) is 32.0 Å². The molecule has 1 N–H and O–H groups in total. The van der Waals surface area contributed by atoms with Crippen LogP contribution < -0.4 is 10.2 Å². The lowest BCUT2D eigenvalue weighted by molar-refractivity contribution is 0.302. The van der Waals surface area contributed by atoms with Crippen molar-refractivity contribution in [1.29, 1.82) is 0 Å². The zero-order chi connectivity index (χ0) is 12.3. The van der Waals surface area contributed by atoms with Crippen molar-refractivity contribution in [2.75, 3.05) is 25.0 Å². The third-order valence-electron chi connectivity index (χ3n) is 3.91. The molecule has 1 aromatic heterocycles. The lowest BCUT2D eigenvalue weighted by Crippen LogP contribution is -2.50. The molecule has 2 heterocycles. The normalized spacial score (nSPS) is 19.6. The van der Waals surface area contributed by atoms with Crippen LogP contribution in [0.2, 0.25) is 0 Å². The van der Waals surface area contributed by atoms with Gasteiger partial charge in [0.05, 0.1) is 0 Å². The number of aromatic nitrogens is 2. The summed E-state index contributed by atoms with van der Waals surface area (Å²) >= 11 is 0. The molecule has 0 spiro atoms. The van der Waals surface area contributed by atoms with Crippen LogP contribution in [0.1, 0.15) is 33.1 Å². The summed E-state index contributed by atoms with van der Waals surface area (Å²) in [5, 5.41) is 3.43. The Balaban J connectivity index is 2.02. The van der Waals surface area contributed by atoms with Crippen molar-refractivity contribution in [3.8, 4) is 0 Å². The van der Waals surface area contributed by atoms with Gasteiger partial charge in [0.1, 0.15) is 0 Å². The van der Waals surface area contributed by atoms with Crippen LogP contribution in [0.25, 0.3) is 0 Å². The Kier molecular flexibility index (Phi) is 3.72. The maximum atomic E-state index is 4.50. The van der Waals surface area contributed by atoms with Crippen molar-refractivity contribution >= 4 is 5.95 Å². The molecule has 0 radical (unpaired) electrons. The second-order valence-electron chi connectivity index (χ2n) is 5.22. The van der Waals surface area contributed by atoms with Gasteiger partial charge in [-0.25, -0.2) is 4.98 Å². The van der Waals surface area contributed by atoms with Gasteiger partial charge in [-0.05, 0) is 33.2 Å². The number of aryl methyl sites for hydroxylation is 1. The molecule has 2 rings (SSSR count). The van der Waals surface area contributed by atoms with Crippen molar-refractivity contribution in [3.63, 3.8) is 0 Å². The Morgan fingerprint density at radius 2 is 2.12 bits per heavy atom. The molecule has 0 atom stereocenters. The van der Waals surface area contributed by atoms with Gasteiger partial charge in [0.2, 0.25) is 5.95 Å². The third kappa shape index (κ3) is 2.63. The van der Waals surface area contributed by atoms with Gasteiger partial charge in [0.15, 0.2) is 0 Å². The number of hydrogen-bond acceptors (Lipinski definition) is 3. The minimum Gasteiger partial charge on any atom is -0.342 e. The van der Waals surface area contributed by atoms with Gasteiger partial charge in [-0.3, -0.25) is 0 Å². The van der Waals surface area contributed by atoms with Crippen LogP contribution in [0.5, 0.6) is 0 Å². The van der Waals surface area contributed by atoms with Crippen LogP contribution >= 0.6 is 0 Å². The maximum absolute atomic E-state index is 4.50. The van der Waals surface area contributed by atoms with Gasteiger partial charge in [-0.1, -0.05) is 6.92 Å². The van der Waals surface area contributed by atoms with Crippen LogP contribution in [0.4, 0.5) is 5.95 Å². The number of piperidine rings is 1. The molecule has 96 valence electrons. The van der Waals surface area contributed by atoms with Gasteiger partial charge < -0.3 is 14.8 Å². The van der Waals surface area contributed by atoms with Crippen LogP contribution in [-0.2, 0) is 6.54 Å². The van der Waals surface area contributed by atoms with E-state index >= 15 is 0 Å². The number of nitrogens with zero attached hydrogens (tertiary/aromatic N) is 3. The molecule has 1 aliphatic heterocycles. The summed E-state index contributed by atoms with van der Waals surface area (Å²) in [6.45, 7) is 7.77. The Morgan fingerprint density at radius 3 is 2.71 bits per heavy atom. The Bertz CT molecular complexity index is 350. The third-order valence-corrected chi connectivity index (χ3v) is 3.91. The number of hydrogen-bond donors (Lipinski definition) is 1. The predicted molar refractivity (Wildman–Crippen MR) is 71.4 cm³/mol. The van der Waals surface area contributed by atoms with Crippen molar-refractivity contribution in [1.82, 2.24) is 14.9 Å². The van der Waals surface area contributed by atoms with E-state index in [1.54, 1.807) is 0 Å². The van der Waals surface area contributed by atoms with Gasteiger partial charge in [0.25, 0.3) is 0 Å². The first-order valence-electron chi connectivity index (χ1n) is 6.63. The fourth-order valence-corrected chi connectivity index (χ4v) is 2.45. The summed E-state index contributed by atoms with van der Waals surface area (Å²) in [5.41, 5.74) is 0.304. The smallest absolute Gasteiger partial charge is 0.205 e. The second kappa shape index (κ2) is 5.08. The molecule has 0 aromatic carbocycles. The summed E-state index contributed by atoms with van der Waals surface area (Å²) in [4.78, 5) is 6.91. The molecule has 0 amide bonds. The molecular weight excluding hydrogens is 212 g/mol. The predicted octanol–water partition coefficient (Wildman–Crippen LogP) is 1.87.